The van der Waals surface area contributed by atoms with Crippen LogP contribution in [-0.2, 0) is 9.53 Å². The molecule has 6 nitrogen and oxygen atoms in total. The monoisotopic (exact) mass is 343 g/mol. The van der Waals surface area contributed by atoms with Crippen LogP contribution in [0.1, 0.15) is 24.2 Å². The molecule has 0 heterocycles. The fourth-order valence-electron chi connectivity index (χ4n) is 2.17. The standard InChI is InChI=1S/C19H21NO5/c1-4-24-19(22)14-9-5-6-10-15(14)20-18(21)13(2)25-17-12-8-7-11-16(17)23-3/h5-13H,4H2,1-3H3,(H,20,21). The number of ether oxygens (including phenoxy) is 3. The van der Waals surface area contributed by atoms with E-state index in [1.165, 1.54) is 7.11 Å². The third-order valence-corrected chi connectivity index (χ3v) is 3.42. The van der Waals surface area contributed by atoms with Gasteiger partial charge in [-0.25, -0.2) is 4.79 Å². The van der Waals surface area contributed by atoms with Crippen molar-refractivity contribution in [3.8, 4) is 11.5 Å². The van der Waals surface area contributed by atoms with Crippen molar-refractivity contribution in [3.05, 3.63) is 54.1 Å². The second-order valence-corrected chi connectivity index (χ2v) is 5.17. The fraction of sp³-hybridized carbons (Fsp3) is 0.263. The Labute approximate surface area is 146 Å². The molecule has 1 atom stereocenters. The van der Waals surface area contributed by atoms with Crippen LogP contribution >= 0.6 is 0 Å². The number of amides is 1. The van der Waals surface area contributed by atoms with Crippen LogP contribution in [0.2, 0.25) is 0 Å². The maximum atomic E-state index is 12.4. The highest BCUT2D eigenvalue weighted by Gasteiger charge is 2.20. The summed E-state index contributed by atoms with van der Waals surface area (Å²) >= 11 is 0. The van der Waals surface area contributed by atoms with Gasteiger partial charge < -0.3 is 19.5 Å². The van der Waals surface area contributed by atoms with Gasteiger partial charge in [0.2, 0.25) is 0 Å². The van der Waals surface area contributed by atoms with Crippen LogP contribution in [0.3, 0.4) is 0 Å². The van der Waals surface area contributed by atoms with E-state index >= 15 is 0 Å². The van der Waals surface area contributed by atoms with E-state index in [0.717, 1.165) is 0 Å². The first-order valence-corrected chi connectivity index (χ1v) is 7.93. The lowest BCUT2D eigenvalue weighted by Gasteiger charge is -2.17. The molecule has 0 aliphatic carbocycles. The van der Waals surface area contributed by atoms with E-state index < -0.39 is 12.1 Å². The number of nitrogens with one attached hydrogen (secondary N) is 1. The van der Waals surface area contributed by atoms with E-state index in [1.54, 1.807) is 56.3 Å². The van der Waals surface area contributed by atoms with E-state index in [1.807, 2.05) is 6.07 Å². The van der Waals surface area contributed by atoms with Crippen LogP contribution in [0.25, 0.3) is 0 Å². The Balaban J connectivity index is 2.10. The number of para-hydroxylation sites is 3. The van der Waals surface area contributed by atoms with Gasteiger partial charge in [-0.2, -0.15) is 0 Å². The molecule has 2 rings (SSSR count). The fourth-order valence-corrected chi connectivity index (χ4v) is 2.17. The van der Waals surface area contributed by atoms with Crippen LogP contribution in [0.4, 0.5) is 5.69 Å². The summed E-state index contributed by atoms with van der Waals surface area (Å²) in [5.74, 6) is 0.125. The summed E-state index contributed by atoms with van der Waals surface area (Å²) in [5, 5.41) is 2.70. The minimum absolute atomic E-state index is 0.258. The highest BCUT2D eigenvalue weighted by molar-refractivity contribution is 6.02. The third-order valence-electron chi connectivity index (χ3n) is 3.42. The van der Waals surface area contributed by atoms with Gasteiger partial charge in [-0.1, -0.05) is 24.3 Å². The molecule has 1 amide bonds. The minimum atomic E-state index is -0.786. The van der Waals surface area contributed by atoms with E-state index in [2.05, 4.69) is 5.32 Å². The summed E-state index contributed by atoms with van der Waals surface area (Å²) in [6.07, 6.45) is -0.786. The van der Waals surface area contributed by atoms with Gasteiger partial charge in [-0.05, 0) is 38.1 Å². The zero-order valence-corrected chi connectivity index (χ0v) is 14.4. The summed E-state index contributed by atoms with van der Waals surface area (Å²) in [6, 6.07) is 13.7. The molecule has 2 aromatic rings. The Morgan fingerprint density at radius 2 is 1.68 bits per heavy atom. The molecule has 0 aliphatic rings. The van der Waals surface area contributed by atoms with Crippen LogP contribution < -0.4 is 14.8 Å². The molecule has 0 saturated heterocycles. The summed E-state index contributed by atoms with van der Waals surface area (Å²) in [6.45, 7) is 3.60. The maximum absolute atomic E-state index is 12.4. The van der Waals surface area contributed by atoms with Gasteiger partial charge in [0.15, 0.2) is 17.6 Å². The number of carbonyl (C=O) groups is 2. The molecule has 0 aliphatic heterocycles. The number of benzene rings is 2. The van der Waals surface area contributed by atoms with Crippen LogP contribution in [0, 0.1) is 0 Å². The van der Waals surface area contributed by atoms with Crippen molar-refractivity contribution in [2.75, 3.05) is 19.0 Å². The minimum Gasteiger partial charge on any atom is -0.493 e. The van der Waals surface area contributed by atoms with E-state index in [0.29, 0.717) is 22.7 Å². The SMILES string of the molecule is CCOC(=O)c1ccccc1NC(=O)C(C)Oc1ccccc1OC. The summed E-state index contributed by atoms with van der Waals surface area (Å²) < 4.78 is 15.9. The molecule has 132 valence electrons. The second-order valence-electron chi connectivity index (χ2n) is 5.17. The predicted molar refractivity (Wildman–Crippen MR) is 94.1 cm³/mol. The Morgan fingerprint density at radius 1 is 1.04 bits per heavy atom. The van der Waals surface area contributed by atoms with Gasteiger partial charge in [-0.15, -0.1) is 0 Å². The van der Waals surface area contributed by atoms with E-state index in [9.17, 15) is 9.59 Å². The Kier molecular flexibility index (Phi) is 6.39. The van der Waals surface area contributed by atoms with E-state index in [4.69, 9.17) is 14.2 Å². The zero-order valence-electron chi connectivity index (χ0n) is 14.4. The first kappa shape index (κ1) is 18.3. The largest absolute Gasteiger partial charge is 0.493 e. The van der Waals surface area contributed by atoms with Crippen LogP contribution in [-0.4, -0.2) is 31.7 Å². The second kappa shape index (κ2) is 8.73. The van der Waals surface area contributed by atoms with Crippen molar-refractivity contribution in [2.45, 2.75) is 20.0 Å². The summed E-state index contributed by atoms with van der Waals surface area (Å²) in [7, 11) is 1.53. The lowest BCUT2D eigenvalue weighted by atomic mass is 10.1. The molecule has 0 bridgehead atoms. The zero-order chi connectivity index (χ0) is 18.2. The number of methoxy groups -OCH3 is 1. The van der Waals surface area contributed by atoms with Gasteiger partial charge in [0.25, 0.3) is 5.91 Å². The predicted octanol–water partition coefficient (Wildman–Crippen LogP) is 3.28. The average molecular weight is 343 g/mol. The van der Waals surface area contributed by atoms with Gasteiger partial charge in [0.1, 0.15) is 0 Å². The number of carbonyl (C=O) groups excluding carboxylic acids is 2. The molecular formula is C19H21NO5. The topological polar surface area (TPSA) is 73.9 Å². The molecule has 1 N–H and O–H groups in total. The number of hydrogen-bond acceptors (Lipinski definition) is 5. The summed E-state index contributed by atoms with van der Waals surface area (Å²) in [4.78, 5) is 24.4. The maximum Gasteiger partial charge on any atom is 0.340 e. The van der Waals surface area contributed by atoms with Gasteiger partial charge >= 0.3 is 5.97 Å². The smallest absolute Gasteiger partial charge is 0.340 e. The quantitative estimate of drug-likeness (QED) is 0.781. The van der Waals surface area contributed by atoms with Crippen LogP contribution in [0.15, 0.2) is 48.5 Å². The third kappa shape index (κ3) is 4.73. The Bertz CT molecular complexity index is 744. The summed E-state index contributed by atoms with van der Waals surface area (Å²) in [5.41, 5.74) is 0.670. The lowest BCUT2D eigenvalue weighted by Crippen LogP contribution is -2.31. The van der Waals surface area contributed by atoms with Crippen molar-refractivity contribution in [2.24, 2.45) is 0 Å². The average Bonchev–Trinajstić information content (AvgIpc) is 2.62. The molecular weight excluding hydrogens is 322 g/mol. The number of esters is 1. The van der Waals surface area contributed by atoms with Crippen molar-refractivity contribution >= 4 is 17.6 Å². The Hall–Kier alpha value is -3.02. The molecule has 0 fully saturated rings. The molecule has 0 saturated carbocycles. The normalized spacial score (nSPS) is 11.3. The first-order valence-electron chi connectivity index (χ1n) is 7.93. The lowest BCUT2D eigenvalue weighted by molar-refractivity contribution is -0.122. The molecule has 0 aromatic heterocycles. The van der Waals surface area contributed by atoms with Crippen molar-refractivity contribution in [1.29, 1.82) is 0 Å². The number of anilines is 1. The molecule has 2 aromatic carbocycles. The Morgan fingerprint density at radius 3 is 2.36 bits per heavy atom. The van der Waals surface area contributed by atoms with Crippen LogP contribution in [0.5, 0.6) is 11.5 Å². The van der Waals surface area contributed by atoms with Gasteiger partial charge in [-0.3, -0.25) is 4.79 Å². The number of hydrogen-bond donors (Lipinski definition) is 1. The molecule has 1 unspecified atom stereocenters. The molecule has 0 radical (unpaired) electrons. The van der Waals surface area contributed by atoms with Gasteiger partial charge in [0.05, 0.1) is 25.0 Å². The van der Waals surface area contributed by atoms with Crippen molar-refractivity contribution in [3.63, 3.8) is 0 Å². The highest BCUT2D eigenvalue weighted by Crippen LogP contribution is 2.27. The first-order chi connectivity index (χ1) is 12.1. The molecule has 25 heavy (non-hydrogen) atoms. The molecule has 6 heteroatoms. The van der Waals surface area contributed by atoms with Crippen molar-refractivity contribution in [1.82, 2.24) is 0 Å². The van der Waals surface area contributed by atoms with E-state index in [-0.39, 0.29) is 12.5 Å². The molecule has 0 spiro atoms. The number of rotatable bonds is 7. The highest BCUT2D eigenvalue weighted by atomic mass is 16.5. The van der Waals surface area contributed by atoms with Crippen molar-refractivity contribution < 1.29 is 23.8 Å². The van der Waals surface area contributed by atoms with Gasteiger partial charge in [0, 0.05) is 0 Å².